The summed E-state index contributed by atoms with van der Waals surface area (Å²) in [5.74, 6) is -0.278. The van der Waals surface area contributed by atoms with E-state index in [0.29, 0.717) is 9.90 Å². The maximum absolute atomic E-state index is 12.9. The predicted molar refractivity (Wildman–Crippen MR) is 112 cm³/mol. The standard InChI is InChI=1S/C20H17ClN2OS2/c1-4-23-14-10-11(2)9-12(3)17(14)26-20(23)22-19(24)18-16(21)13-7-5-6-8-15(13)25-18/h5-10H,4H2,1-3H3. The first-order chi connectivity index (χ1) is 12.5. The first-order valence-electron chi connectivity index (χ1n) is 8.36. The average molecular weight is 401 g/mol. The molecule has 0 aliphatic heterocycles. The van der Waals surface area contributed by atoms with Gasteiger partial charge in [-0.3, -0.25) is 4.79 Å². The van der Waals surface area contributed by atoms with Gasteiger partial charge in [0, 0.05) is 16.6 Å². The number of carbonyl (C=O) groups excluding carboxylic acids is 1. The lowest BCUT2D eigenvalue weighted by Gasteiger charge is -2.03. The Labute approximate surface area is 164 Å². The molecule has 0 radical (unpaired) electrons. The quantitative estimate of drug-likeness (QED) is 0.409. The molecule has 2 aromatic carbocycles. The molecule has 0 aliphatic rings. The SMILES string of the molecule is CCn1c(=NC(=O)c2sc3ccccc3c2Cl)sc2c(C)cc(C)cc21. The van der Waals surface area contributed by atoms with E-state index in [2.05, 4.69) is 42.5 Å². The summed E-state index contributed by atoms with van der Waals surface area (Å²) in [4.78, 5) is 18.5. The lowest BCUT2D eigenvalue weighted by atomic mass is 10.1. The van der Waals surface area contributed by atoms with Gasteiger partial charge in [0.2, 0.25) is 0 Å². The number of hydrogen-bond donors (Lipinski definition) is 0. The second-order valence-corrected chi connectivity index (χ2v) is 8.62. The summed E-state index contributed by atoms with van der Waals surface area (Å²) in [5.41, 5.74) is 3.55. The van der Waals surface area contributed by atoms with E-state index >= 15 is 0 Å². The molecule has 1 amide bonds. The first kappa shape index (κ1) is 17.5. The van der Waals surface area contributed by atoms with E-state index < -0.39 is 0 Å². The molecule has 0 bridgehead atoms. The van der Waals surface area contributed by atoms with Crippen molar-refractivity contribution in [3.05, 3.63) is 62.2 Å². The fourth-order valence-electron chi connectivity index (χ4n) is 3.19. The fraction of sp³-hybridized carbons (Fsp3) is 0.200. The molecule has 6 heteroatoms. The second-order valence-electron chi connectivity index (χ2n) is 6.22. The highest BCUT2D eigenvalue weighted by atomic mass is 35.5. The largest absolute Gasteiger partial charge is 0.317 e. The molecule has 2 aromatic heterocycles. The number of thiophene rings is 1. The van der Waals surface area contributed by atoms with Crippen LogP contribution in [0.5, 0.6) is 0 Å². The summed E-state index contributed by atoms with van der Waals surface area (Å²) < 4.78 is 4.27. The Hall–Kier alpha value is -1.95. The van der Waals surface area contributed by atoms with Crippen LogP contribution in [0.15, 0.2) is 41.4 Å². The number of aromatic nitrogens is 1. The zero-order chi connectivity index (χ0) is 18.4. The number of nitrogens with zero attached hydrogens (tertiary/aromatic N) is 2. The second kappa shape index (κ2) is 6.65. The van der Waals surface area contributed by atoms with Crippen LogP contribution >= 0.6 is 34.3 Å². The summed E-state index contributed by atoms with van der Waals surface area (Å²) in [6.07, 6.45) is 0. The Bertz CT molecular complexity index is 1230. The molecule has 0 spiro atoms. The maximum Gasteiger partial charge on any atom is 0.291 e. The van der Waals surface area contributed by atoms with Crippen LogP contribution < -0.4 is 4.80 Å². The molecule has 0 N–H and O–H groups in total. The fourth-order valence-corrected chi connectivity index (χ4v) is 5.73. The van der Waals surface area contributed by atoms with Crippen molar-refractivity contribution in [3.63, 3.8) is 0 Å². The number of fused-ring (bicyclic) bond motifs is 2. The first-order valence-corrected chi connectivity index (χ1v) is 10.4. The van der Waals surface area contributed by atoms with E-state index in [-0.39, 0.29) is 5.91 Å². The van der Waals surface area contributed by atoms with Gasteiger partial charge in [-0.25, -0.2) is 0 Å². The zero-order valence-electron chi connectivity index (χ0n) is 14.7. The van der Waals surface area contributed by atoms with Gasteiger partial charge in [0.15, 0.2) is 4.80 Å². The van der Waals surface area contributed by atoms with Crippen LogP contribution in [-0.4, -0.2) is 10.5 Å². The molecule has 0 saturated heterocycles. The normalized spacial score (nSPS) is 12.4. The molecule has 3 nitrogen and oxygen atoms in total. The van der Waals surface area contributed by atoms with Gasteiger partial charge in [0.05, 0.1) is 15.2 Å². The molecule has 2 heterocycles. The Morgan fingerprint density at radius 2 is 1.96 bits per heavy atom. The number of hydrogen-bond acceptors (Lipinski definition) is 3. The Morgan fingerprint density at radius 1 is 1.19 bits per heavy atom. The molecule has 132 valence electrons. The van der Waals surface area contributed by atoms with Crippen molar-refractivity contribution in [2.24, 2.45) is 4.99 Å². The van der Waals surface area contributed by atoms with Crippen molar-refractivity contribution >= 4 is 60.5 Å². The lowest BCUT2D eigenvalue weighted by molar-refractivity contribution is 0.100. The van der Waals surface area contributed by atoms with Crippen LogP contribution in [0.4, 0.5) is 0 Å². The van der Waals surface area contributed by atoms with E-state index in [4.69, 9.17) is 11.6 Å². The van der Waals surface area contributed by atoms with Crippen molar-refractivity contribution < 1.29 is 4.79 Å². The van der Waals surface area contributed by atoms with Gasteiger partial charge >= 0.3 is 0 Å². The maximum atomic E-state index is 12.9. The van der Waals surface area contributed by atoms with Crippen molar-refractivity contribution in [2.45, 2.75) is 27.3 Å². The predicted octanol–water partition coefficient (Wildman–Crippen LogP) is 5.95. The minimum absolute atomic E-state index is 0.278. The molecule has 0 fully saturated rings. The van der Waals surface area contributed by atoms with Crippen molar-refractivity contribution in [2.75, 3.05) is 0 Å². The highest BCUT2D eigenvalue weighted by molar-refractivity contribution is 7.21. The number of amides is 1. The third-order valence-electron chi connectivity index (χ3n) is 4.36. The van der Waals surface area contributed by atoms with Crippen LogP contribution in [0.1, 0.15) is 27.7 Å². The van der Waals surface area contributed by atoms with Crippen molar-refractivity contribution in [1.29, 1.82) is 0 Å². The third kappa shape index (κ3) is 2.80. The van der Waals surface area contributed by atoms with Gasteiger partial charge in [0.1, 0.15) is 4.88 Å². The van der Waals surface area contributed by atoms with Gasteiger partial charge in [0.25, 0.3) is 5.91 Å². The highest BCUT2D eigenvalue weighted by Gasteiger charge is 2.17. The van der Waals surface area contributed by atoms with E-state index in [1.165, 1.54) is 27.2 Å². The van der Waals surface area contributed by atoms with Gasteiger partial charge in [-0.1, -0.05) is 47.2 Å². The number of benzene rings is 2. The minimum Gasteiger partial charge on any atom is -0.317 e. The molecular formula is C20H17ClN2OS2. The topological polar surface area (TPSA) is 34.4 Å². The summed E-state index contributed by atoms with van der Waals surface area (Å²) in [6, 6.07) is 12.1. The molecule has 4 aromatic rings. The number of aryl methyl sites for hydroxylation is 3. The van der Waals surface area contributed by atoms with Gasteiger partial charge < -0.3 is 4.57 Å². The van der Waals surface area contributed by atoms with E-state index in [0.717, 1.165) is 26.9 Å². The van der Waals surface area contributed by atoms with Gasteiger partial charge in [-0.15, -0.1) is 11.3 Å². The molecule has 0 aliphatic carbocycles. The molecular weight excluding hydrogens is 384 g/mol. The molecule has 0 saturated carbocycles. The van der Waals surface area contributed by atoms with E-state index in [9.17, 15) is 4.79 Å². The van der Waals surface area contributed by atoms with Crippen LogP contribution in [0, 0.1) is 13.8 Å². The highest BCUT2D eigenvalue weighted by Crippen LogP contribution is 2.35. The summed E-state index contributed by atoms with van der Waals surface area (Å²) in [5, 5.41) is 1.40. The number of thiazole rings is 1. The summed E-state index contributed by atoms with van der Waals surface area (Å²) in [7, 11) is 0. The Kier molecular flexibility index (Phi) is 4.47. The smallest absolute Gasteiger partial charge is 0.291 e. The molecule has 26 heavy (non-hydrogen) atoms. The third-order valence-corrected chi connectivity index (χ3v) is 7.25. The van der Waals surface area contributed by atoms with Crippen molar-refractivity contribution in [3.8, 4) is 0 Å². The van der Waals surface area contributed by atoms with Crippen LogP contribution in [0.2, 0.25) is 5.02 Å². The summed E-state index contributed by atoms with van der Waals surface area (Å²) >= 11 is 9.40. The van der Waals surface area contributed by atoms with Gasteiger partial charge in [-0.05, 0) is 44.0 Å². The van der Waals surface area contributed by atoms with Crippen molar-refractivity contribution in [1.82, 2.24) is 4.57 Å². The zero-order valence-corrected chi connectivity index (χ0v) is 17.1. The lowest BCUT2D eigenvalue weighted by Crippen LogP contribution is -2.15. The molecule has 0 unspecified atom stereocenters. The van der Waals surface area contributed by atoms with Crippen LogP contribution in [0.3, 0.4) is 0 Å². The monoisotopic (exact) mass is 400 g/mol. The summed E-state index contributed by atoms with van der Waals surface area (Å²) in [6.45, 7) is 7.01. The average Bonchev–Trinajstić information content (AvgIpc) is 3.13. The Morgan fingerprint density at radius 3 is 2.69 bits per heavy atom. The minimum atomic E-state index is -0.278. The van der Waals surface area contributed by atoms with E-state index in [1.54, 1.807) is 11.3 Å². The molecule has 4 rings (SSSR count). The van der Waals surface area contributed by atoms with Crippen LogP contribution in [-0.2, 0) is 6.54 Å². The molecule has 0 atom stereocenters. The number of rotatable bonds is 2. The Balaban J connectivity index is 1.91. The van der Waals surface area contributed by atoms with E-state index in [1.807, 2.05) is 24.3 Å². The van der Waals surface area contributed by atoms with Crippen LogP contribution in [0.25, 0.3) is 20.3 Å². The number of halogens is 1. The number of carbonyl (C=O) groups is 1. The van der Waals surface area contributed by atoms with Gasteiger partial charge in [-0.2, -0.15) is 4.99 Å².